The summed E-state index contributed by atoms with van der Waals surface area (Å²) in [6.45, 7) is 3.14. The molecule has 0 unspecified atom stereocenters. The summed E-state index contributed by atoms with van der Waals surface area (Å²) in [5.74, 6) is 1.77. The second-order valence-corrected chi connectivity index (χ2v) is 8.06. The third-order valence-electron chi connectivity index (χ3n) is 5.01. The Morgan fingerprint density at radius 3 is 2.76 bits per heavy atom. The Hall–Kier alpha value is -3.62. The molecule has 2 aliphatic rings. The molecular formula is C24H25N3O6S. The average molecular weight is 484 g/mol. The molecule has 1 N–H and O–H groups in total. The van der Waals surface area contributed by atoms with Crippen molar-refractivity contribution >= 4 is 47.1 Å². The normalized spacial score (nSPS) is 14.5. The van der Waals surface area contributed by atoms with Crippen molar-refractivity contribution in [3.05, 3.63) is 52.6 Å². The Labute approximate surface area is 201 Å². The maximum atomic E-state index is 13.0. The van der Waals surface area contributed by atoms with Crippen LogP contribution in [0.5, 0.6) is 5.75 Å². The quantitative estimate of drug-likeness (QED) is 0.249. The minimum Gasteiger partial charge on any atom is -0.480 e. The van der Waals surface area contributed by atoms with E-state index in [2.05, 4.69) is 15.6 Å². The predicted molar refractivity (Wildman–Crippen MR) is 129 cm³/mol. The predicted octanol–water partition coefficient (Wildman–Crippen LogP) is 2.74. The fraction of sp³-hybridized carbons (Fsp3) is 0.333. The van der Waals surface area contributed by atoms with Crippen LogP contribution in [0.4, 0.5) is 5.69 Å². The number of nitrogens with zero attached hydrogens (tertiary/aromatic N) is 2. The van der Waals surface area contributed by atoms with Crippen LogP contribution in [0, 0.1) is 0 Å². The van der Waals surface area contributed by atoms with Crippen LogP contribution in [-0.2, 0) is 19.1 Å². The third-order valence-corrected chi connectivity index (χ3v) is 5.29. The number of ether oxygens (including phenoxy) is 2. The molecule has 1 aromatic rings. The first kappa shape index (κ1) is 25.0. The van der Waals surface area contributed by atoms with Crippen molar-refractivity contribution in [3.8, 4) is 5.75 Å². The van der Waals surface area contributed by atoms with Crippen LogP contribution in [0.25, 0.3) is 0 Å². The number of rotatable bonds is 9. The van der Waals surface area contributed by atoms with Gasteiger partial charge < -0.3 is 19.7 Å². The standard InChI is InChI=1S/C24H25N3O6S/c1-4-32-23(30)14-33-22-8-6-17(10-20(22)26-15(2)28)21(29)13-27-12-18-9-16(11-25-34-3)5-7-19(18)24(27)31/h5-8,10H,4,9,12-14H2,1-3H3,(H,26,28). The van der Waals surface area contributed by atoms with Gasteiger partial charge in [-0.25, -0.2) is 4.79 Å². The van der Waals surface area contributed by atoms with Crippen LogP contribution in [0.2, 0.25) is 0 Å². The van der Waals surface area contributed by atoms with Crippen molar-refractivity contribution in [1.82, 2.24) is 4.90 Å². The molecule has 3 rings (SSSR count). The number of benzene rings is 1. The summed E-state index contributed by atoms with van der Waals surface area (Å²) in [4.78, 5) is 50.4. The van der Waals surface area contributed by atoms with E-state index in [1.165, 1.54) is 42.0 Å². The van der Waals surface area contributed by atoms with Gasteiger partial charge in [0.2, 0.25) is 5.91 Å². The largest absolute Gasteiger partial charge is 0.480 e. The molecule has 0 atom stereocenters. The van der Waals surface area contributed by atoms with E-state index in [0.717, 1.165) is 11.1 Å². The van der Waals surface area contributed by atoms with Crippen molar-refractivity contribution in [3.63, 3.8) is 0 Å². The number of Topliss-reactive ketones (excluding diaryl/α,β-unsaturated/α-hetero) is 1. The van der Waals surface area contributed by atoms with Gasteiger partial charge in [0.25, 0.3) is 5.91 Å². The van der Waals surface area contributed by atoms with E-state index in [0.29, 0.717) is 24.1 Å². The minimum absolute atomic E-state index is 0.111. The van der Waals surface area contributed by atoms with E-state index in [4.69, 9.17) is 9.47 Å². The molecule has 0 fully saturated rings. The van der Waals surface area contributed by atoms with Crippen LogP contribution >= 0.6 is 11.9 Å². The van der Waals surface area contributed by atoms with Gasteiger partial charge in [-0.15, -0.1) is 0 Å². The summed E-state index contributed by atoms with van der Waals surface area (Å²) in [7, 11) is 0. The molecule has 0 saturated heterocycles. The highest BCUT2D eigenvalue weighted by Gasteiger charge is 2.32. The molecule has 0 aromatic heterocycles. The van der Waals surface area contributed by atoms with E-state index in [-0.39, 0.29) is 48.8 Å². The van der Waals surface area contributed by atoms with Crippen LogP contribution in [-0.4, -0.2) is 66.9 Å². The van der Waals surface area contributed by atoms with Crippen LogP contribution in [0.3, 0.4) is 0 Å². The summed E-state index contributed by atoms with van der Waals surface area (Å²) in [5, 5.41) is 2.60. The van der Waals surface area contributed by atoms with Gasteiger partial charge in [0.05, 0.1) is 18.8 Å². The Kier molecular flexibility index (Phi) is 8.45. The number of hydrogen-bond donors (Lipinski definition) is 1. The molecule has 0 radical (unpaired) electrons. The lowest BCUT2D eigenvalue weighted by atomic mass is 9.97. The maximum Gasteiger partial charge on any atom is 0.344 e. The number of hydrogen-bond acceptors (Lipinski definition) is 8. The Bertz CT molecular complexity index is 1150. The van der Waals surface area contributed by atoms with Gasteiger partial charge in [-0.3, -0.25) is 14.4 Å². The molecule has 34 heavy (non-hydrogen) atoms. The average Bonchev–Trinajstić information content (AvgIpc) is 3.11. The fourth-order valence-electron chi connectivity index (χ4n) is 3.55. The van der Waals surface area contributed by atoms with E-state index in [1.807, 2.05) is 12.3 Å². The number of ketones is 1. The van der Waals surface area contributed by atoms with Crippen LogP contribution in [0.15, 0.2) is 51.5 Å². The first-order valence-electron chi connectivity index (χ1n) is 10.6. The highest BCUT2D eigenvalue weighted by molar-refractivity contribution is 7.97. The van der Waals surface area contributed by atoms with Gasteiger partial charge in [-0.2, -0.15) is 4.40 Å². The maximum absolute atomic E-state index is 13.0. The Morgan fingerprint density at radius 1 is 1.26 bits per heavy atom. The first-order valence-corrected chi connectivity index (χ1v) is 11.8. The van der Waals surface area contributed by atoms with E-state index < -0.39 is 5.97 Å². The number of anilines is 1. The third kappa shape index (κ3) is 6.24. The van der Waals surface area contributed by atoms with Crippen molar-refractivity contribution < 1.29 is 28.7 Å². The molecule has 10 heteroatoms. The molecule has 1 aromatic carbocycles. The Morgan fingerprint density at radius 2 is 2.06 bits per heavy atom. The van der Waals surface area contributed by atoms with Crippen LogP contribution in [0.1, 0.15) is 30.6 Å². The molecule has 2 amide bonds. The van der Waals surface area contributed by atoms with E-state index >= 15 is 0 Å². The smallest absolute Gasteiger partial charge is 0.344 e. The summed E-state index contributed by atoms with van der Waals surface area (Å²) >= 11 is 1.30. The number of carbonyl (C=O) groups excluding carboxylic acids is 4. The monoisotopic (exact) mass is 483 g/mol. The molecule has 0 spiro atoms. The lowest BCUT2D eigenvalue weighted by Gasteiger charge is -2.17. The SMILES string of the molecule is CCOC(=O)COc1ccc(C(=O)CN2CC3=C(C=CC(=C=NSC)C3)C2=O)cc1NC(C)=O. The molecule has 9 nitrogen and oxygen atoms in total. The summed E-state index contributed by atoms with van der Waals surface area (Å²) in [5.41, 5.74) is 2.96. The highest BCUT2D eigenvalue weighted by atomic mass is 32.2. The minimum atomic E-state index is -0.549. The summed E-state index contributed by atoms with van der Waals surface area (Å²) in [6, 6.07) is 4.50. The lowest BCUT2D eigenvalue weighted by Crippen LogP contribution is -2.32. The van der Waals surface area contributed by atoms with Crippen molar-refractivity contribution in [2.75, 3.05) is 37.9 Å². The van der Waals surface area contributed by atoms with Gasteiger partial charge in [-0.05, 0) is 60.7 Å². The zero-order valence-corrected chi connectivity index (χ0v) is 20.0. The Balaban J connectivity index is 1.70. The molecule has 1 aliphatic carbocycles. The molecule has 1 heterocycles. The van der Waals surface area contributed by atoms with E-state index in [9.17, 15) is 19.2 Å². The molecule has 0 bridgehead atoms. The zero-order valence-electron chi connectivity index (χ0n) is 19.2. The fourth-order valence-corrected chi connectivity index (χ4v) is 3.76. The lowest BCUT2D eigenvalue weighted by molar-refractivity contribution is -0.145. The second-order valence-electron chi connectivity index (χ2n) is 7.51. The van der Waals surface area contributed by atoms with E-state index in [1.54, 1.807) is 13.0 Å². The van der Waals surface area contributed by atoms with Gasteiger partial charge >= 0.3 is 5.97 Å². The first-order chi connectivity index (χ1) is 16.3. The number of nitrogens with one attached hydrogen (secondary N) is 1. The van der Waals surface area contributed by atoms with Crippen molar-refractivity contribution in [2.45, 2.75) is 20.3 Å². The number of esters is 1. The van der Waals surface area contributed by atoms with Crippen molar-refractivity contribution in [2.24, 2.45) is 4.40 Å². The molecule has 178 valence electrons. The second kappa shape index (κ2) is 11.5. The van der Waals surface area contributed by atoms with Gasteiger partial charge in [0, 0.05) is 42.9 Å². The molecular weight excluding hydrogens is 458 g/mol. The van der Waals surface area contributed by atoms with Crippen LogP contribution < -0.4 is 10.1 Å². The number of amides is 2. The molecule has 1 aliphatic heterocycles. The number of allylic oxidation sites excluding steroid dienone is 2. The van der Waals surface area contributed by atoms with Gasteiger partial charge in [-0.1, -0.05) is 0 Å². The summed E-state index contributed by atoms with van der Waals surface area (Å²) < 4.78 is 14.3. The highest BCUT2D eigenvalue weighted by Crippen LogP contribution is 2.30. The topological polar surface area (TPSA) is 114 Å². The zero-order chi connectivity index (χ0) is 24.7. The summed E-state index contributed by atoms with van der Waals surface area (Å²) in [6.07, 6.45) is 5.96. The molecule has 0 saturated carbocycles. The van der Waals surface area contributed by atoms with Gasteiger partial charge in [0.1, 0.15) is 5.75 Å². The van der Waals surface area contributed by atoms with Crippen molar-refractivity contribution in [1.29, 1.82) is 0 Å². The van der Waals surface area contributed by atoms with Gasteiger partial charge in [0.15, 0.2) is 12.4 Å². The number of carbonyl (C=O) groups is 4.